The van der Waals surface area contributed by atoms with Crippen LogP contribution in [-0.4, -0.2) is 116 Å². The molecule has 39 heavy (non-hydrogen) atoms. The van der Waals surface area contributed by atoms with Gasteiger partial charge in [0.05, 0.1) is 0 Å². The van der Waals surface area contributed by atoms with Crippen LogP contribution >= 0.6 is 0 Å². The van der Waals surface area contributed by atoms with Gasteiger partial charge in [-0.15, -0.1) is 0 Å². The number of likely N-dealkylation sites (N-methyl/N-ethyl adjacent to an activating group) is 1. The summed E-state index contributed by atoms with van der Waals surface area (Å²) in [6.07, 6.45) is 2.60. The van der Waals surface area contributed by atoms with Crippen LogP contribution in [-0.2, 0) is 4.74 Å². The monoisotopic (exact) mass is 542 g/mol. The van der Waals surface area contributed by atoms with Crippen molar-refractivity contribution in [3.8, 4) is 17.1 Å². The number of benzene rings is 1. The quantitative estimate of drug-likeness (QED) is 0.366. The highest BCUT2D eigenvalue weighted by molar-refractivity contribution is 5.60. The van der Waals surface area contributed by atoms with Gasteiger partial charge < -0.3 is 29.9 Å². The third-order valence-corrected chi connectivity index (χ3v) is 7.91. The lowest BCUT2D eigenvalue weighted by atomic mass is 9.88. The molecule has 0 saturated carbocycles. The maximum atomic E-state index is 10.6. The van der Waals surface area contributed by atoms with Crippen LogP contribution in [0.1, 0.15) is 44.2 Å². The first kappa shape index (κ1) is 29.6. The van der Waals surface area contributed by atoms with Gasteiger partial charge in [-0.05, 0) is 65.9 Å². The van der Waals surface area contributed by atoms with Gasteiger partial charge in [-0.25, -0.2) is 9.97 Å². The SMILES string of the molecule is CNCC(O)COc1cccc(-c2nc(C3CCN(C(O)N(C)C)[C@@H](C)C3)cc(N(C)C3CCOCC3)n2)c1. The number of likely N-dealkylation sites (tertiary alicyclic amines) is 1. The second-order valence-electron chi connectivity index (χ2n) is 11.1. The van der Waals surface area contributed by atoms with Crippen molar-refractivity contribution in [2.75, 3.05) is 66.0 Å². The van der Waals surface area contributed by atoms with Crippen molar-refractivity contribution < 1.29 is 19.7 Å². The van der Waals surface area contributed by atoms with E-state index in [0.717, 1.165) is 62.5 Å². The zero-order valence-corrected chi connectivity index (χ0v) is 24.1. The number of rotatable bonds is 11. The Morgan fingerprint density at radius 3 is 2.59 bits per heavy atom. The molecule has 3 heterocycles. The number of aromatic nitrogens is 2. The Labute approximate surface area is 232 Å². The third kappa shape index (κ3) is 7.65. The van der Waals surface area contributed by atoms with Crippen LogP contribution in [0.5, 0.6) is 5.75 Å². The van der Waals surface area contributed by atoms with Crippen molar-refractivity contribution in [2.45, 2.75) is 63.1 Å². The summed E-state index contributed by atoms with van der Waals surface area (Å²) in [5.74, 6) is 2.54. The average molecular weight is 543 g/mol. The minimum atomic E-state index is -0.591. The first-order chi connectivity index (χ1) is 18.8. The minimum absolute atomic E-state index is 0.207. The lowest BCUT2D eigenvalue weighted by Crippen LogP contribution is -2.52. The molecule has 3 unspecified atom stereocenters. The molecule has 4 atom stereocenters. The molecular formula is C29H46N6O4. The van der Waals surface area contributed by atoms with Crippen molar-refractivity contribution in [1.29, 1.82) is 0 Å². The Balaban J connectivity index is 1.62. The first-order valence-electron chi connectivity index (χ1n) is 14.1. The van der Waals surface area contributed by atoms with Crippen LogP contribution < -0.4 is 15.0 Å². The maximum absolute atomic E-state index is 10.6. The zero-order chi connectivity index (χ0) is 27.9. The highest BCUT2D eigenvalue weighted by atomic mass is 16.5. The average Bonchev–Trinajstić information content (AvgIpc) is 2.95. The van der Waals surface area contributed by atoms with Gasteiger partial charge in [-0.2, -0.15) is 0 Å². The van der Waals surface area contributed by atoms with Gasteiger partial charge in [0, 0.05) is 68.7 Å². The Hall–Kier alpha value is -2.34. The molecule has 0 amide bonds. The highest BCUT2D eigenvalue weighted by Crippen LogP contribution is 2.35. The number of hydrogen-bond donors (Lipinski definition) is 3. The molecule has 0 bridgehead atoms. The molecule has 0 spiro atoms. The van der Waals surface area contributed by atoms with Crippen molar-refractivity contribution in [3.05, 3.63) is 36.0 Å². The van der Waals surface area contributed by atoms with Gasteiger partial charge in [-0.1, -0.05) is 12.1 Å². The van der Waals surface area contributed by atoms with Crippen molar-refractivity contribution in [1.82, 2.24) is 25.1 Å². The Morgan fingerprint density at radius 2 is 1.90 bits per heavy atom. The Bertz CT molecular complexity index is 1050. The largest absolute Gasteiger partial charge is 0.491 e. The predicted octanol–water partition coefficient (Wildman–Crippen LogP) is 2.12. The van der Waals surface area contributed by atoms with E-state index in [4.69, 9.17) is 19.4 Å². The van der Waals surface area contributed by atoms with E-state index in [1.165, 1.54) is 0 Å². The number of anilines is 1. The third-order valence-electron chi connectivity index (χ3n) is 7.91. The number of hydrogen-bond acceptors (Lipinski definition) is 10. The van der Waals surface area contributed by atoms with Crippen LogP contribution in [0.4, 0.5) is 5.82 Å². The van der Waals surface area contributed by atoms with Gasteiger partial charge in [-0.3, -0.25) is 9.80 Å². The van der Waals surface area contributed by atoms with E-state index in [0.29, 0.717) is 24.2 Å². The Kier molecular flexibility index (Phi) is 10.5. The number of ether oxygens (including phenoxy) is 2. The summed E-state index contributed by atoms with van der Waals surface area (Å²) in [4.78, 5) is 16.4. The van der Waals surface area contributed by atoms with Crippen LogP contribution in [0.3, 0.4) is 0 Å². The van der Waals surface area contributed by atoms with Gasteiger partial charge in [0.25, 0.3) is 0 Å². The minimum Gasteiger partial charge on any atom is -0.491 e. The number of nitrogens with zero attached hydrogens (tertiary/aromatic N) is 5. The van der Waals surface area contributed by atoms with Gasteiger partial charge in [0.15, 0.2) is 12.2 Å². The second-order valence-corrected chi connectivity index (χ2v) is 11.1. The molecule has 2 aromatic rings. The van der Waals surface area contributed by atoms with Crippen molar-refractivity contribution in [2.24, 2.45) is 0 Å². The smallest absolute Gasteiger partial charge is 0.165 e. The Morgan fingerprint density at radius 1 is 1.13 bits per heavy atom. The molecule has 4 rings (SSSR count). The molecule has 10 nitrogen and oxygen atoms in total. The van der Waals surface area contributed by atoms with E-state index < -0.39 is 12.5 Å². The van der Waals surface area contributed by atoms with E-state index in [1.807, 2.05) is 43.3 Å². The van der Waals surface area contributed by atoms with E-state index in [2.05, 4.69) is 35.2 Å². The fourth-order valence-electron chi connectivity index (χ4n) is 5.54. The molecule has 10 heteroatoms. The summed E-state index contributed by atoms with van der Waals surface area (Å²) in [5, 5.41) is 23.7. The number of aliphatic hydroxyl groups excluding tert-OH is 2. The molecule has 2 saturated heterocycles. The van der Waals surface area contributed by atoms with Gasteiger partial charge in [0.2, 0.25) is 0 Å². The van der Waals surface area contributed by atoms with Gasteiger partial charge >= 0.3 is 0 Å². The van der Waals surface area contributed by atoms with Gasteiger partial charge in [0.1, 0.15) is 24.3 Å². The maximum Gasteiger partial charge on any atom is 0.165 e. The molecule has 3 N–H and O–H groups in total. The fourth-order valence-corrected chi connectivity index (χ4v) is 5.54. The molecule has 1 aromatic carbocycles. The van der Waals surface area contributed by atoms with E-state index in [1.54, 1.807) is 7.05 Å². The lowest BCUT2D eigenvalue weighted by molar-refractivity contribution is -0.118. The summed E-state index contributed by atoms with van der Waals surface area (Å²) in [7, 11) is 7.72. The number of aliphatic hydroxyl groups is 2. The molecular weight excluding hydrogens is 496 g/mol. The first-order valence-corrected chi connectivity index (χ1v) is 14.1. The topological polar surface area (TPSA) is 106 Å². The predicted molar refractivity (Wildman–Crippen MR) is 153 cm³/mol. The molecule has 216 valence electrons. The van der Waals surface area contributed by atoms with Crippen LogP contribution in [0.25, 0.3) is 11.4 Å². The molecule has 0 radical (unpaired) electrons. The van der Waals surface area contributed by atoms with Crippen molar-refractivity contribution >= 4 is 5.82 Å². The van der Waals surface area contributed by atoms with Crippen LogP contribution in [0, 0.1) is 0 Å². The van der Waals surface area contributed by atoms with E-state index in [9.17, 15) is 10.2 Å². The van der Waals surface area contributed by atoms with Crippen molar-refractivity contribution in [3.63, 3.8) is 0 Å². The molecule has 2 fully saturated rings. The number of nitrogens with one attached hydrogen (secondary N) is 1. The lowest BCUT2D eigenvalue weighted by Gasteiger charge is -2.42. The standard InChI is InChI=1S/C29H46N6O4/c1-20-15-21(9-12-35(20)29(37)33(3)4)26-17-27(34(5)23-10-13-38-14-11-23)32-28(31-26)22-7-6-8-25(16-22)39-19-24(36)18-30-2/h6-8,16-17,20-21,23-24,29-30,36-37H,9-15,18-19H2,1-5H3/t20-,21?,24?,29?/m0/s1. The normalized spacial score (nSPS) is 22.6. The number of piperidine rings is 1. The van der Waals surface area contributed by atoms with Crippen LogP contribution in [0.2, 0.25) is 0 Å². The second kappa shape index (κ2) is 13.8. The summed E-state index contributed by atoms with van der Waals surface area (Å²) < 4.78 is 11.5. The fraction of sp³-hybridized carbons (Fsp3) is 0.655. The van der Waals surface area contributed by atoms with E-state index >= 15 is 0 Å². The molecule has 2 aliphatic heterocycles. The van der Waals surface area contributed by atoms with Crippen LogP contribution in [0.15, 0.2) is 30.3 Å². The summed E-state index contributed by atoms with van der Waals surface area (Å²) in [5.41, 5.74) is 1.92. The molecule has 0 aliphatic carbocycles. The summed E-state index contributed by atoms with van der Waals surface area (Å²) >= 11 is 0. The summed E-state index contributed by atoms with van der Waals surface area (Å²) in [6, 6.07) is 10.5. The molecule has 1 aromatic heterocycles. The zero-order valence-electron chi connectivity index (χ0n) is 24.1. The highest BCUT2D eigenvalue weighted by Gasteiger charge is 2.32. The van der Waals surface area contributed by atoms with E-state index in [-0.39, 0.29) is 18.6 Å². The summed E-state index contributed by atoms with van der Waals surface area (Å²) in [6.45, 7) is 5.19. The molecule has 2 aliphatic rings.